The van der Waals surface area contributed by atoms with Gasteiger partial charge >= 0.3 is 6.18 Å². The summed E-state index contributed by atoms with van der Waals surface area (Å²) in [5.74, 6) is 0. The molecule has 0 aliphatic carbocycles. The lowest BCUT2D eigenvalue weighted by Gasteiger charge is -2.04. The number of thiazole rings is 1. The molecule has 0 aliphatic rings. The monoisotopic (exact) mass is 356 g/mol. The van der Waals surface area contributed by atoms with E-state index in [4.69, 9.17) is 0 Å². The van der Waals surface area contributed by atoms with E-state index in [1.807, 2.05) is 5.38 Å². The van der Waals surface area contributed by atoms with Gasteiger partial charge in [-0.1, -0.05) is 0 Å². The number of aromatic nitrogens is 1. The summed E-state index contributed by atoms with van der Waals surface area (Å²) in [6.45, 7) is 0.166. The molecule has 2 heterocycles. The molecule has 0 bridgehead atoms. The summed E-state index contributed by atoms with van der Waals surface area (Å²) in [6, 6.07) is 1.77. The highest BCUT2D eigenvalue weighted by Crippen LogP contribution is 2.39. The molecule has 98 valence electrons. The van der Waals surface area contributed by atoms with Crippen molar-refractivity contribution in [3.8, 4) is 9.88 Å². The van der Waals surface area contributed by atoms with E-state index in [1.54, 1.807) is 13.1 Å². The minimum atomic E-state index is -4.41. The van der Waals surface area contributed by atoms with Crippen LogP contribution in [0.2, 0.25) is 0 Å². The Balaban J connectivity index is 2.45. The fourth-order valence-electron chi connectivity index (χ4n) is 1.38. The van der Waals surface area contributed by atoms with Gasteiger partial charge in [-0.05, 0) is 29.0 Å². The average Bonchev–Trinajstić information content (AvgIpc) is 2.84. The first kappa shape index (κ1) is 14.0. The van der Waals surface area contributed by atoms with E-state index in [-0.39, 0.29) is 11.4 Å². The number of hydrogen-bond donors (Lipinski definition) is 1. The molecule has 0 atom stereocenters. The molecule has 2 rings (SSSR count). The van der Waals surface area contributed by atoms with Crippen molar-refractivity contribution in [1.29, 1.82) is 0 Å². The third kappa shape index (κ3) is 2.93. The van der Waals surface area contributed by atoms with Crippen LogP contribution in [0.3, 0.4) is 0 Å². The van der Waals surface area contributed by atoms with Crippen molar-refractivity contribution in [2.75, 3.05) is 7.05 Å². The SMILES string of the molecule is CNCc1sc(-c2cc(Br)cs2)nc1C(F)(F)F. The van der Waals surface area contributed by atoms with Gasteiger partial charge in [0.15, 0.2) is 5.69 Å². The molecule has 0 aromatic carbocycles. The Morgan fingerprint density at radius 1 is 1.44 bits per heavy atom. The molecule has 18 heavy (non-hydrogen) atoms. The zero-order chi connectivity index (χ0) is 13.3. The first-order valence-corrected chi connectivity index (χ1v) is 7.36. The minimum absolute atomic E-state index is 0.166. The Bertz CT molecular complexity index is 548. The molecule has 8 heteroatoms. The number of rotatable bonds is 3. The summed E-state index contributed by atoms with van der Waals surface area (Å²) in [5, 5.41) is 4.96. The van der Waals surface area contributed by atoms with Crippen molar-refractivity contribution < 1.29 is 13.2 Å². The quantitative estimate of drug-likeness (QED) is 0.882. The maximum absolute atomic E-state index is 12.8. The number of hydrogen-bond acceptors (Lipinski definition) is 4. The van der Waals surface area contributed by atoms with Crippen LogP contribution in [0.1, 0.15) is 10.6 Å². The molecule has 1 N–H and O–H groups in total. The Morgan fingerprint density at radius 2 is 2.17 bits per heavy atom. The van der Waals surface area contributed by atoms with Gasteiger partial charge < -0.3 is 5.32 Å². The predicted octanol–water partition coefficient (Wildman–Crippen LogP) is 4.37. The molecule has 2 aromatic rings. The summed E-state index contributed by atoms with van der Waals surface area (Å²) in [7, 11) is 1.61. The first-order valence-electron chi connectivity index (χ1n) is 4.87. The van der Waals surface area contributed by atoms with Crippen molar-refractivity contribution in [2.24, 2.45) is 0 Å². The topological polar surface area (TPSA) is 24.9 Å². The van der Waals surface area contributed by atoms with E-state index in [0.29, 0.717) is 5.01 Å². The zero-order valence-electron chi connectivity index (χ0n) is 9.14. The highest BCUT2D eigenvalue weighted by atomic mass is 79.9. The van der Waals surface area contributed by atoms with Gasteiger partial charge in [-0.2, -0.15) is 13.2 Å². The maximum atomic E-state index is 12.8. The van der Waals surface area contributed by atoms with Crippen LogP contribution in [0.4, 0.5) is 13.2 Å². The van der Waals surface area contributed by atoms with E-state index >= 15 is 0 Å². The normalized spacial score (nSPS) is 12.1. The third-order valence-corrected chi connectivity index (χ3v) is 5.00. The summed E-state index contributed by atoms with van der Waals surface area (Å²) in [5.41, 5.74) is -0.790. The Kier molecular flexibility index (Phi) is 4.10. The average molecular weight is 357 g/mol. The van der Waals surface area contributed by atoms with E-state index in [2.05, 4.69) is 26.2 Å². The van der Waals surface area contributed by atoms with Crippen LogP contribution in [0.15, 0.2) is 15.9 Å². The second-order valence-corrected chi connectivity index (χ2v) is 6.36. The van der Waals surface area contributed by atoms with Crippen molar-refractivity contribution in [2.45, 2.75) is 12.7 Å². The van der Waals surface area contributed by atoms with E-state index < -0.39 is 11.9 Å². The van der Waals surface area contributed by atoms with E-state index in [0.717, 1.165) is 20.7 Å². The van der Waals surface area contributed by atoms with Crippen LogP contribution in [0.25, 0.3) is 9.88 Å². The fourth-order valence-corrected chi connectivity index (χ4v) is 3.97. The molecule has 0 amide bonds. The standard InChI is InChI=1S/C10H8BrF3N2S2/c1-15-3-7-8(10(12,13)14)16-9(18-7)6-2-5(11)4-17-6/h2,4,15H,3H2,1H3. The van der Waals surface area contributed by atoms with Crippen LogP contribution >= 0.6 is 38.6 Å². The minimum Gasteiger partial charge on any atom is -0.315 e. The van der Waals surface area contributed by atoms with Gasteiger partial charge in [-0.25, -0.2) is 4.98 Å². The molecule has 0 saturated carbocycles. The Morgan fingerprint density at radius 3 is 2.67 bits per heavy atom. The first-order chi connectivity index (χ1) is 8.41. The molecule has 2 nitrogen and oxygen atoms in total. The molecule has 0 saturated heterocycles. The van der Waals surface area contributed by atoms with Crippen LogP contribution in [0.5, 0.6) is 0 Å². The molecular formula is C10H8BrF3N2S2. The largest absolute Gasteiger partial charge is 0.434 e. The van der Waals surface area contributed by atoms with Crippen molar-refractivity contribution >= 4 is 38.6 Å². The van der Waals surface area contributed by atoms with E-state index in [1.165, 1.54) is 11.3 Å². The molecule has 0 radical (unpaired) electrons. The van der Waals surface area contributed by atoms with Gasteiger partial charge in [0, 0.05) is 16.4 Å². The predicted molar refractivity (Wildman–Crippen MR) is 70.9 cm³/mol. The van der Waals surface area contributed by atoms with Gasteiger partial charge in [0.2, 0.25) is 0 Å². The van der Waals surface area contributed by atoms with Crippen molar-refractivity contribution in [3.05, 3.63) is 26.5 Å². The third-order valence-electron chi connectivity index (χ3n) is 2.08. The maximum Gasteiger partial charge on any atom is 0.434 e. The summed E-state index contributed by atoms with van der Waals surface area (Å²) < 4.78 is 39.3. The van der Waals surface area contributed by atoms with Crippen LogP contribution in [-0.4, -0.2) is 12.0 Å². The smallest absolute Gasteiger partial charge is 0.315 e. The lowest BCUT2D eigenvalue weighted by atomic mass is 10.3. The Labute approximate surface area is 118 Å². The summed E-state index contributed by atoms with van der Waals surface area (Å²) in [4.78, 5) is 4.68. The van der Waals surface area contributed by atoms with Gasteiger partial charge in [-0.3, -0.25) is 0 Å². The van der Waals surface area contributed by atoms with Crippen LogP contribution < -0.4 is 5.32 Å². The highest BCUT2D eigenvalue weighted by Gasteiger charge is 2.37. The number of nitrogens with zero attached hydrogens (tertiary/aromatic N) is 1. The summed E-state index contributed by atoms with van der Waals surface area (Å²) >= 11 is 5.72. The lowest BCUT2D eigenvalue weighted by molar-refractivity contribution is -0.141. The molecular weight excluding hydrogens is 349 g/mol. The van der Waals surface area contributed by atoms with Crippen molar-refractivity contribution in [3.63, 3.8) is 0 Å². The van der Waals surface area contributed by atoms with Crippen molar-refractivity contribution in [1.82, 2.24) is 10.3 Å². The molecule has 0 fully saturated rings. The molecule has 0 unspecified atom stereocenters. The van der Waals surface area contributed by atoms with Crippen LogP contribution in [0, 0.1) is 0 Å². The highest BCUT2D eigenvalue weighted by molar-refractivity contribution is 9.10. The lowest BCUT2D eigenvalue weighted by Crippen LogP contribution is -2.12. The number of halogens is 4. The second kappa shape index (κ2) is 5.28. The number of nitrogens with one attached hydrogen (secondary N) is 1. The zero-order valence-corrected chi connectivity index (χ0v) is 12.4. The molecule has 0 spiro atoms. The summed E-state index contributed by atoms with van der Waals surface area (Å²) in [6.07, 6.45) is -4.41. The number of thiophene rings is 1. The van der Waals surface area contributed by atoms with Crippen LogP contribution in [-0.2, 0) is 12.7 Å². The van der Waals surface area contributed by atoms with Gasteiger partial charge in [-0.15, -0.1) is 22.7 Å². The molecule has 2 aromatic heterocycles. The van der Waals surface area contributed by atoms with Gasteiger partial charge in [0.25, 0.3) is 0 Å². The number of alkyl halides is 3. The van der Waals surface area contributed by atoms with Gasteiger partial charge in [0.05, 0.1) is 9.75 Å². The second-order valence-electron chi connectivity index (χ2n) is 3.45. The van der Waals surface area contributed by atoms with Gasteiger partial charge in [0.1, 0.15) is 5.01 Å². The molecule has 0 aliphatic heterocycles. The van der Waals surface area contributed by atoms with E-state index in [9.17, 15) is 13.2 Å². The Hall–Kier alpha value is -0.440. The fraction of sp³-hybridized carbons (Fsp3) is 0.300.